The van der Waals surface area contributed by atoms with E-state index in [1.165, 1.54) is 6.92 Å². The number of nitrogens with zero attached hydrogens (tertiary/aromatic N) is 2. The van der Waals surface area contributed by atoms with Gasteiger partial charge in [-0.3, -0.25) is 14.6 Å². The zero-order valence-electron chi connectivity index (χ0n) is 14.9. The van der Waals surface area contributed by atoms with Crippen molar-refractivity contribution in [2.75, 3.05) is 5.32 Å². The van der Waals surface area contributed by atoms with Crippen LogP contribution >= 0.6 is 0 Å². The summed E-state index contributed by atoms with van der Waals surface area (Å²) in [4.78, 5) is 30.8. The van der Waals surface area contributed by atoms with E-state index < -0.39 is 0 Å². The van der Waals surface area contributed by atoms with Crippen LogP contribution in [0.1, 0.15) is 30.5 Å². The van der Waals surface area contributed by atoms with Gasteiger partial charge in [0.15, 0.2) is 0 Å². The predicted octanol–water partition coefficient (Wildman–Crippen LogP) is 4.14. The van der Waals surface area contributed by atoms with Gasteiger partial charge in [-0.25, -0.2) is 0 Å². The van der Waals surface area contributed by atoms with E-state index in [1.54, 1.807) is 17.3 Å². The van der Waals surface area contributed by atoms with Crippen LogP contribution in [0, 0.1) is 0 Å². The fourth-order valence-electron chi connectivity index (χ4n) is 3.50. The molecule has 2 aromatic carbocycles. The molecule has 2 amide bonds. The Balaban J connectivity index is 1.61. The van der Waals surface area contributed by atoms with Crippen molar-refractivity contribution in [1.82, 2.24) is 9.88 Å². The molecule has 134 valence electrons. The lowest BCUT2D eigenvalue weighted by Gasteiger charge is -2.32. The maximum absolute atomic E-state index is 12.8. The smallest absolute Gasteiger partial charge is 0.226 e. The van der Waals surface area contributed by atoms with Gasteiger partial charge in [-0.2, -0.15) is 0 Å². The molecule has 0 fully saturated rings. The third-order valence-electron chi connectivity index (χ3n) is 4.77. The van der Waals surface area contributed by atoms with Gasteiger partial charge in [0.2, 0.25) is 11.8 Å². The van der Waals surface area contributed by atoms with Gasteiger partial charge in [-0.05, 0) is 41.5 Å². The van der Waals surface area contributed by atoms with Crippen LogP contribution in [0.25, 0.3) is 17.0 Å². The van der Waals surface area contributed by atoms with Crippen molar-refractivity contribution in [2.24, 2.45) is 0 Å². The minimum atomic E-state index is -0.322. The third kappa shape index (κ3) is 3.31. The molecule has 0 aliphatic carbocycles. The Hall–Kier alpha value is -3.47. The minimum Gasteiger partial charge on any atom is -0.325 e. The molecule has 0 bridgehead atoms. The summed E-state index contributed by atoms with van der Waals surface area (Å²) in [5.74, 6) is -0.236. The lowest BCUT2D eigenvalue weighted by Crippen LogP contribution is -2.33. The van der Waals surface area contributed by atoms with Gasteiger partial charge >= 0.3 is 0 Å². The Bertz CT molecular complexity index is 1050. The van der Waals surface area contributed by atoms with Crippen molar-refractivity contribution in [1.29, 1.82) is 0 Å². The van der Waals surface area contributed by atoms with E-state index in [9.17, 15) is 9.59 Å². The van der Waals surface area contributed by atoms with Gasteiger partial charge in [-0.1, -0.05) is 30.3 Å². The second-order valence-corrected chi connectivity index (χ2v) is 6.51. The molecular weight excluding hydrogens is 338 g/mol. The van der Waals surface area contributed by atoms with Gasteiger partial charge in [0.1, 0.15) is 0 Å². The topological polar surface area (TPSA) is 62.3 Å². The first-order chi connectivity index (χ1) is 13.1. The SMILES string of the molecule is CC(=O)N1C=Cc2ccccc2[C@@H]1CC(=O)Nc1cccc2ncccc12. The zero-order chi connectivity index (χ0) is 18.8. The quantitative estimate of drug-likeness (QED) is 0.766. The van der Waals surface area contributed by atoms with Crippen LogP contribution in [0.2, 0.25) is 0 Å². The Morgan fingerprint density at radius 1 is 1.07 bits per heavy atom. The van der Waals surface area contributed by atoms with Crippen LogP contribution in [0.3, 0.4) is 0 Å². The van der Waals surface area contributed by atoms with Crippen LogP contribution in [-0.2, 0) is 9.59 Å². The summed E-state index contributed by atoms with van der Waals surface area (Å²) >= 11 is 0. The highest BCUT2D eigenvalue weighted by Gasteiger charge is 2.28. The monoisotopic (exact) mass is 357 g/mol. The highest BCUT2D eigenvalue weighted by molar-refractivity contribution is 6.01. The van der Waals surface area contributed by atoms with Gasteiger partial charge < -0.3 is 10.2 Å². The molecular formula is C22H19N3O2. The van der Waals surface area contributed by atoms with Gasteiger partial charge in [0.05, 0.1) is 23.7 Å². The Labute approximate surface area is 157 Å². The molecule has 0 saturated carbocycles. The van der Waals surface area contributed by atoms with Crippen molar-refractivity contribution in [3.05, 3.63) is 78.1 Å². The molecule has 0 unspecified atom stereocenters. The number of carbonyl (C=O) groups is 2. The lowest BCUT2D eigenvalue weighted by molar-refractivity contribution is -0.129. The average molecular weight is 357 g/mol. The highest BCUT2D eigenvalue weighted by Crippen LogP contribution is 2.33. The highest BCUT2D eigenvalue weighted by atomic mass is 16.2. The van der Waals surface area contributed by atoms with Gasteiger partial charge in [0.25, 0.3) is 0 Å². The number of benzene rings is 2. The summed E-state index contributed by atoms with van der Waals surface area (Å²) in [6.45, 7) is 1.51. The lowest BCUT2D eigenvalue weighted by atomic mass is 9.93. The van der Waals surface area contributed by atoms with Gasteiger partial charge in [-0.15, -0.1) is 0 Å². The molecule has 27 heavy (non-hydrogen) atoms. The molecule has 5 heteroatoms. The molecule has 1 aliphatic heterocycles. The maximum Gasteiger partial charge on any atom is 0.226 e. The maximum atomic E-state index is 12.8. The Kier molecular flexibility index (Phi) is 4.42. The number of hydrogen-bond donors (Lipinski definition) is 1. The summed E-state index contributed by atoms with van der Waals surface area (Å²) in [6.07, 6.45) is 5.56. The van der Waals surface area contributed by atoms with E-state index in [-0.39, 0.29) is 24.3 Å². The number of aromatic nitrogens is 1. The molecule has 1 aromatic heterocycles. The molecule has 1 aliphatic rings. The first kappa shape index (κ1) is 17.0. The van der Waals surface area contributed by atoms with Crippen molar-refractivity contribution in [2.45, 2.75) is 19.4 Å². The van der Waals surface area contributed by atoms with Crippen molar-refractivity contribution < 1.29 is 9.59 Å². The van der Waals surface area contributed by atoms with Gasteiger partial charge in [0, 0.05) is 24.7 Å². The number of nitrogens with one attached hydrogen (secondary N) is 1. The Morgan fingerprint density at radius 2 is 1.93 bits per heavy atom. The molecule has 2 heterocycles. The van der Waals surface area contributed by atoms with Crippen LogP contribution in [-0.4, -0.2) is 21.7 Å². The fraction of sp³-hybridized carbons (Fsp3) is 0.136. The van der Waals surface area contributed by atoms with Crippen molar-refractivity contribution in [3.63, 3.8) is 0 Å². The second-order valence-electron chi connectivity index (χ2n) is 6.51. The van der Waals surface area contributed by atoms with E-state index in [0.717, 1.165) is 27.7 Å². The number of carbonyl (C=O) groups excluding carboxylic acids is 2. The first-order valence-corrected chi connectivity index (χ1v) is 8.83. The number of amides is 2. The number of fused-ring (bicyclic) bond motifs is 2. The largest absolute Gasteiger partial charge is 0.325 e. The van der Waals surface area contributed by atoms with Crippen LogP contribution in [0.5, 0.6) is 0 Å². The molecule has 4 rings (SSSR count). The van der Waals surface area contributed by atoms with Crippen LogP contribution < -0.4 is 5.32 Å². The number of anilines is 1. The molecule has 0 saturated heterocycles. The average Bonchev–Trinajstić information content (AvgIpc) is 2.68. The first-order valence-electron chi connectivity index (χ1n) is 8.83. The molecule has 1 atom stereocenters. The fourth-order valence-corrected chi connectivity index (χ4v) is 3.50. The van der Waals surface area contributed by atoms with Crippen LogP contribution in [0.15, 0.2) is 67.0 Å². The van der Waals surface area contributed by atoms with E-state index in [2.05, 4.69) is 10.3 Å². The minimum absolute atomic E-state index is 0.0899. The zero-order valence-corrected chi connectivity index (χ0v) is 14.9. The molecule has 0 spiro atoms. The molecule has 5 nitrogen and oxygen atoms in total. The summed E-state index contributed by atoms with van der Waals surface area (Å²) < 4.78 is 0. The number of rotatable bonds is 3. The molecule has 3 aromatic rings. The number of hydrogen-bond acceptors (Lipinski definition) is 3. The molecule has 0 radical (unpaired) electrons. The summed E-state index contributed by atoms with van der Waals surface area (Å²) in [5, 5.41) is 3.87. The van der Waals surface area contributed by atoms with Crippen LogP contribution in [0.4, 0.5) is 5.69 Å². The van der Waals surface area contributed by atoms with E-state index in [0.29, 0.717) is 0 Å². The van der Waals surface area contributed by atoms with Crippen molar-refractivity contribution in [3.8, 4) is 0 Å². The van der Waals surface area contributed by atoms with E-state index in [1.807, 2.05) is 60.7 Å². The standard InChI is InChI=1S/C22H19N3O2/c1-15(26)25-13-11-16-6-2-3-7-17(16)21(25)14-22(27)24-20-10-4-9-19-18(20)8-5-12-23-19/h2-13,21H,14H2,1H3,(H,24,27)/t21-/m0/s1. The van der Waals surface area contributed by atoms with Crippen molar-refractivity contribution >= 4 is 34.5 Å². The van der Waals surface area contributed by atoms with E-state index >= 15 is 0 Å². The normalized spacial score (nSPS) is 15.4. The summed E-state index contributed by atoms with van der Waals surface area (Å²) in [6, 6.07) is 16.9. The predicted molar refractivity (Wildman–Crippen MR) is 106 cm³/mol. The summed E-state index contributed by atoms with van der Waals surface area (Å²) in [5.41, 5.74) is 3.55. The summed E-state index contributed by atoms with van der Waals surface area (Å²) in [7, 11) is 0. The number of pyridine rings is 1. The second kappa shape index (κ2) is 7.03. The molecule has 1 N–H and O–H groups in total. The third-order valence-corrected chi connectivity index (χ3v) is 4.77. The van der Waals surface area contributed by atoms with E-state index in [4.69, 9.17) is 0 Å². The Morgan fingerprint density at radius 3 is 2.78 bits per heavy atom.